The molecule has 0 fully saturated rings. The van der Waals surface area contributed by atoms with Crippen molar-refractivity contribution in [3.05, 3.63) is 0 Å². The molecule has 0 bridgehead atoms. The Kier molecular flexibility index (Phi) is 6.49. The Morgan fingerprint density at radius 1 is 1.50 bits per heavy atom. The van der Waals surface area contributed by atoms with E-state index in [0.717, 1.165) is 12.8 Å². The third kappa shape index (κ3) is 6.86. The van der Waals surface area contributed by atoms with Crippen LogP contribution in [-0.4, -0.2) is 31.7 Å². The van der Waals surface area contributed by atoms with E-state index in [4.69, 9.17) is 10.5 Å². The first-order chi connectivity index (χ1) is 6.52. The molecule has 0 rings (SSSR count). The highest BCUT2D eigenvalue weighted by molar-refractivity contribution is 5.76. The van der Waals surface area contributed by atoms with Crippen LogP contribution in [0, 0.1) is 0 Å². The van der Waals surface area contributed by atoms with Crippen LogP contribution in [-0.2, 0) is 9.53 Å². The number of carbonyl (C=O) groups excluding carboxylic acids is 1. The molecule has 0 unspecified atom stereocenters. The van der Waals surface area contributed by atoms with Crippen molar-refractivity contribution in [2.75, 3.05) is 20.3 Å². The van der Waals surface area contributed by atoms with Crippen LogP contribution < -0.4 is 11.1 Å². The van der Waals surface area contributed by atoms with Crippen molar-refractivity contribution in [1.29, 1.82) is 0 Å². The number of hydrogen-bond acceptors (Lipinski definition) is 3. The fourth-order valence-corrected chi connectivity index (χ4v) is 1.24. The Hall–Kier alpha value is -0.610. The predicted molar refractivity (Wildman–Crippen MR) is 57.0 cm³/mol. The van der Waals surface area contributed by atoms with Crippen molar-refractivity contribution in [2.24, 2.45) is 5.73 Å². The van der Waals surface area contributed by atoms with Gasteiger partial charge in [-0.05, 0) is 33.2 Å². The van der Waals surface area contributed by atoms with E-state index in [9.17, 15) is 4.79 Å². The zero-order valence-electron chi connectivity index (χ0n) is 9.43. The summed E-state index contributed by atoms with van der Waals surface area (Å²) in [5, 5.41) is 2.94. The Labute approximate surface area is 86.2 Å². The number of nitrogens with one attached hydrogen (secondary N) is 1. The monoisotopic (exact) mass is 202 g/mol. The molecule has 0 aromatic rings. The number of methoxy groups -OCH3 is 1. The maximum Gasteiger partial charge on any atom is 0.220 e. The van der Waals surface area contributed by atoms with Gasteiger partial charge in [-0.2, -0.15) is 0 Å². The molecule has 0 aliphatic heterocycles. The lowest BCUT2D eigenvalue weighted by Crippen LogP contribution is -2.44. The van der Waals surface area contributed by atoms with E-state index in [1.807, 2.05) is 13.8 Å². The van der Waals surface area contributed by atoms with Crippen molar-refractivity contribution in [1.82, 2.24) is 5.32 Å². The van der Waals surface area contributed by atoms with Gasteiger partial charge in [0.2, 0.25) is 5.91 Å². The third-order valence-electron chi connectivity index (χ3n) is 2.00. The summed E-state index contributed by atoms with van der Waals surface area (Å²) in [6, 6.07) is 0. The second-order valence-corrected chi connectivity index (χ2v) is 4.07. The molecular weight excluding hydrogens is 180 g/mol. The minimum atomic E-state index is -0.196. The Morgan fingerprint density at radius 3 is 2.64 bits per heavy atom. The Balaban J connectivity index is 3.69. The molecular formula is C10H22N2O2. The zero-order valence-corrected chi connectivity index (χ0v) is 9.43. The van der Waals surface area contributed by atoms with Gasteiger partial charge in [0.25, 0.3) is 0 Å². The predicted octanol–water partition coefficient (Wildman–Crippen LogP) is 0.657. The minimum Gasteiger partial charge on any atom is -0.385 e. The fourth-order valence-electron chi connectivity index (χ4n) is 1.24. The van der Waals surface area contributed by atoms with Crippen LogP contribution >= 0.6 is 0 Å². The average Bonchev–Trinajstić information content (AvgIpc) is 2.03. The number of rotatable bonds is 7. The molecule has 0 heterocycles. The Morgan fingerprint density at radius 2 is 2.14 bits per heavy atom. The highest BCUT2D eigenvalue weighted by atomic mass is 16.5. The smallest absolute Gasteiger partial charge is 0.220 e. The van der Waals surface area contributed by atoms with Crippen LogP contribution in [0.4, 0.5) is 0 Å². The van der Waals surface area contributed by atoms with Crippen molar-refractivity contribution >= 4 is 5.91 Å². The van der Waals surface area contributed by atoms with Gasteiger partial charge in [0.1, 0.15) is 0 Å². The van der Waals surface area contributed by atoms with Crippen molar-refractivity contribution < 1.29 is 9.53 Å². The highest BCUT2D eigenvalue weighted by Crippen LogP contribution is 2.07. The molecule has 4 nitrogen and oxygen atoms in total. The average molecular weight is 202 g/mol. The summed E-state index contributed by atoms with van der Waals surface area (Å²) in [5.74, 6) is 0.0699. The second kappa shape index (κ2) is 6.79. The van der Waals surface area contributed by atoms with Gasteiger partial charge in [0.05, 0.1) is 0 Å². The number of hydrogen-bond donors (Lipinski definition) is 2. The first-order valence-corrected chi connectivity index (χ1v) is 5.02. The minimum absolute atomic E-state index is 0.0699. The maximum absolute atomic E-state index is 11.4. The highest BCUT2D eigenvalue weighted by Gasteiger charge is 2.18. The molecule has 4 heteroatoms. The standard InChI is InChI=1S/C10H22N2O2/c1-10(2,6-7-11)12-9(13)5-4-8-14-3/h4-8,11H2,1-3H3,(H,12,13). The summed E-state index contributed by atoms with van der Waals surface area (Å²) in [7, 11) is 1.64. The fraction of sp³-hybridized carbons (Fsp3) is 0.900. The van der Waals surface area contributed by atoms with Gasteiger partial charge in [-0.25, -0.2) is 0 Å². The quantitative estimate of drug-likeness (QED) is 0.596. The molecule has 14 heavy (non-hydrogen) atoms. The van der Waals surface area contributed by atoms with Crippen LogP contribution in [0.25, 0.3) is 0 Å². The van der Waals surface area contributed by atoms with Gasteiger partial charge < -0.3 is 15.8 Å². The summed E-state index contributed by atoms with van der Waals surface area (Å²) in [6.07, 6.45) is 2.08. The first kappa shape index (κ1) is 13.4. The molecule has 0 radical (unpaired) electrons. The summed E-state index contributed by atoms with van der Waals surface area (Å²) in [5.41, 5.74) is 5.25. The van der Waals surface area contributed by atoms with E-state index in [0.29, 0.717) is 19.6 Å². The van der Waals surface area contributed by atoms with Gasteiger partial charge in [-0.15, -0.1) is 0 Å². The van der Waals surface area contributed by atoms with E-state index in [2.05, 4.69) is 5.32 Å². The molecule has 0 saturated heterocycles. The first-order valence-electron chi connectivity index (χ1n) is 5.02. The lowest BCUT2D eigenvalue weighted by atomic mass is 10.0. The molecule has 3 N–H and O–H groups in total. The molecule has 0 aliphatic rings. The molecule has 0 aromatic heterocycles. The van der Waals surface area contributed by atoms with Gasteiger partial charge in [-0.1, -0.05) is 0 Å². The van der Waals surface area contributed by atoms with E-state index in [1.165, 1.54) is 0 Å². The van der Waals surface area contributed by atoms with E-state index < -0.39 is 0 Å². The van der Waals surface area contributed by atoms with Crippen LogP contribution in [0.3, 0.4) is 0 Å². The summed E-state index contributed by atoms with van der Waals surface area (Å²) in [6.45, 7) is 5.18. The second-order valence-electron chi connectivity index (χ2n) is 4.07. The molecule has 0 aromatic carbocycles. The van der Waals surface area contributed by atoms with Crippen LogP contribution in [0.15, 0.2) is 0 Å². The molecule has 0 spiro atoms. The molecule has 0 atom stereocenters. The van der Waals surface area contributed by atoms with Crippen molar-refractivity contribution in [3.8, 4) is 0 Å². The number of carbonyl (C=O) groups is 1. The number of amides is 1. The van der Waals surface area contributed by atoms with Crippen molar-refractivity contribution in [2.45, 2.75) is 38.6 Å². The van der Waals surface area contributed by atoms with Gasteiger partial charge >= 0.3 is 0 Å². The Bertz CT molecular complexity index is 170. The third-order valence-corrected chi connectivity index (χ3v) is 2.00. The van der Waals surface area contributed by atoms with Crippen LogP contribution in [0.1, 0.15) is 33.1 Å². The largest absolute Gasteiger partial charge is 0.385 e. The molecule has 0 aliphatic carbocycles. The van der Waals surface area contributed by atoms with Gasteiger partial charge in [-0.3, -0.25) is 4.79 Å². The normalized spacial score (nSPS) is 11.4. The van der Waals surface area contributed by atoms with E-state index >= 15 is 0 Å². The zero-order chi connectivity index (χ0) is 11.0. The molecule has 1 amide bonds. The number of nitrogens with two attached hydrogens (primary N) is 1. The number of ether oxygens (including phenoxy) is 1. The van der Waals surface area contributed by atoms with Crippen LogP contribution in [0.2, 0.25) is 0 Å². The molecule has 84 valence electrons. The molecule has 0 saturated carbocycles. The van der Waals surface area contributed by atoms with Gasteiger partial charge in [0.15, 0.2) is 0 Å². The lowest BCUT2D eigenvalue weighted by Gasteiger charge is -2.25. The van der Waals surface area contributed by atoms with E-state index in [-0.39, 0.29) is 11.4 Å². The summed E-state index contributed by atoms with van der Waals surface area (Å²) < 4.78 is 4.87. The topological polar surface area (TPSA) is 64.3 Å². The SMILES string of the molecule is COCCCC(=O)NC(C)(C)CCN. The summed E-state index contributed by atoms with van der Waals surface area (Å²) >= 11 is 0. The van der Waals surface area contributed by atoms with Crippen molar-refractivity contribution in [3.63, 3.8) is 0 Å². The van der Waals surface area contributed by atoms with Gasteiger partial charge in [0, 0.05) is 25.7 Å². The lowest BCUT2D eigenvalue weighted by molar-refractivity contribution is -0.123. The summed E-state index contributed by atoms with van der Waals surface area (Å²) in [4.78, 5) is 11.4. The van der Waals surface area contributed by atoms with Crippen LogP contribution in [0.5, 0.6) is 0 Å². The maximum atomic E-state index is 11.4. The van der Waals surface area contributed by atoms with E-state index in [1.54, 1.807) is 7.11 Å².